The van der Waals surface area contributed by atoms with Gasteiger partial charge in [0.1, 0.15) is 0 Å². The highest BCUT2D eigenvalue weighted by molar-refractivity contribution is 9.10. The lowest BCUT2D eigenvalue weighted by molar-refractivity contribution is -0.119. The Morgan fingerprint density at radius 1 is 1.37 bits per heavy atom. The van der Waals surface area contributed by atoms with Gasteiger partial charge in [-0.1, -0.05) is 15.9 Å². The molecule has 0 aliphatic carbocycles. The number of halogens is 1. The molecule has 7 heteroatoms. The molecule has 1 aromatic rings. The van der Waals surface area contributed by atoms with Gasteiger partial charge in [-0.15, -0.1) is 11.8 Å². The van der Waals surface area contributed by atoms with E-state index in [-0.39, 0.29) is 23.5 Å². The van der Waals surface area contributed by atoms with Gasteiger partial charge in [0.25, 0.3) is 0 Å². The molecule has 4 nitrogen and oxygen atoms in total. The molecule has 1 aliphatic heterocycles. The van der Waals surface area contributed by atoms with Crippen LogP contribution in [0.5, 0.6) is 0 Å². The van der Waals surface area contributed by atoms with Crippen LogP contribution < -0.4 is 5.32 Å². The zero-order chi connectivity index (χ0) is 13.9. The van der Waals surface area contributed by atoms with Crippen LogP contribution in [0.2, 0.25) is 0 Å². The maximum absolute atomic E-state index is 11.7. The van der Waals surface area contributed by atoms with Crippen molar-refractivity contribution in [3.63, 3.8) is 0 Å². The van der Waals surface area contributed by atoms with E-state index >= 15 is 0 Å². The topological polar surface area (TPSA) is 63.2 Å². The number of carbonyl (C=O) groups excluding carboxylic acids is 1. The average Bonchev–Trinajstić information content (AvgIpc) is 2.68. The Balaban J connectivity index is 1.77. The summed E-state index contributed by atoms with van der Waals surface area (Å²) in [4.78, 5) is 12.7. The monoisotopic (exact) mass is 363 g/mol. The largest absolute Gasteiger partial charge is 0.352 e. The second kappa shape index (κ2) is 6.28. The lowest BCUT2D eigenvalue weighted by Crippen LogP contribution is -2.36. The molecule has 1 aromatic carbocycles. The van der Waals surface area contributed by atoms with Gasteiger partial charge in [0.05, 0.1) is 17.3 Å². The third-order valence-electron chi connectivity index (χ3n) is 2.78. The van der Waals surface area contributed by atoms with Crippen LogP contribution in [0.1, 0.15) is 6.42 Å². The summed E-state index contributed by atoms with van der Waals surface area (Å²) in [5.41, 5.74) is 0. The van der Waals surface area contributed by atoms with Crippen LogP contribution in [-0.4, -0.2) is 37.6 Å². The molecule has 1 saturated heterocycles. The minimum absolute atomic E-state index is 0.0711. The number of rotatable bonds is 4. The van der Waals surface area contributed by atoms with Crippen molar-refractivity contribution in [1.29, 1.82) is 0 Å². The van der Waals surface area contributed by atoms with Gasteiger partial charge in [0, 0.05) is 15.4 Å². The van der Waals surface area contributed by atoms with E-state index in [0.29, 0.717) is 12.2 Å². The summed E-state index contributed by atoms with van der Waals surface area (Å²) in [5.74, 6) is 0.438. The standard InChI is InChI=1S/C12H14BrNO3S2/c13-9-1-3-11(4-2-9)18-7-12(15)14-10-5-6-19(16,17)8-10/h1-4,10H,5-8H2,(H,14,15)/t10-/m0/s1. The molecule has 2 rings (SSSR count). The van der Waals surface area contributed by atoms with Gasteiger partial charge in [0.15, 0.2) is 9.84 Å². The predicted octanol–water partition coefficient (Wildman–Crippen LogP) is 1.84. The molecule has 104 valence electrons. The fourth-order valence-electron chi connectivity index (χ4n) is 1.86. The van der Waals surface area contributed by atoms with Crippen LogP contribution in [0.3, 0.4) is 0 Å². The van der Waals surface area contributed by atoms with Crippen LogP contribution in [0.25, 0.3) is 0 Å². The summed E-state index contributed by atoms with van der Waals surface area (Å²) in [7, 11) is -2.94. The van der Waals surface area contributed by atoms with E-state index < -0.39 is 9.84 Å². The highest BCUT2D eigenvalue weighted by atomic mass is 79.9. The molecule has 1 heterocycles. The number of hydrogen-bond donors (Lipinski definition) is 1. The van der Waals surface area contributed by atoms with Crippen molar-refractivity contribution in [1.82, 2.24) is 5.32 Å². The van der Waals surface area contributed by atoms with Crippen LogP contribution in [0.15, 0.2) is 33.6 Å². The van der Waals surface area contributed by atoms with E-state index in [9.17, 15) is 13.2 Å². The molecule has 0 saturated carbocycles. The number of hydrogen-bond acceptors (Lipinski definition) is 4. The highest BCUT2D eigenvalue weighted by Gasteiger charge is 2.28. The van der Waals surface area contributed by atoms with Crippen LogP contribution >= 0.6 is 27.7 Å². The Morgan fingerprint density at radius 3 is 2.63 bits per heavy atom. The molecule has 1 amide bonds. The average molecular weight is 364 g/mol. The van der Waals surface area contributed by atoms with Crippen molar-refractivity contribution < 1.29 is 13.2 Å². The van der Waals surface area contributed by atoms with Gasteiger partial charge in [-0.05, 0) is 30.7 Å². The fourth-order valence-corrected chi connectivity index (χ4v) is 4.51. The fraction of sp³-hybridized carbons (Fsp3) is 0.417. The second-order valence-electron chi connectivity index (χ2n) is 4.41. The van der Waals surface area contributed by atoms with E-state index in [1.54, 1.807) is 0 Å². The maximum Gasteiger partial charge on any atom is 0.230 e. The molecule has 19 heavy (non-hydrogen) atoms. The van der Waals surface area contributed by atoms with Gasteiger partial charge in [-0.2, -0.15) is 0 Å². The molecular weight excluding hydrogens is 350 g/mol. The highest BCUT2D eigenvalue weighted by Crippen LogP contribution is 2.20. The molecule has 1 N–H and O–H groups in total. The van der Waals surface area contributed by atoms with Crippen molar-refractivity contribution in [2.75, 3.05) is 17.3 Å². The summed E-state index contributed by atoms with van der Waals surface area (Å²) in [6.45, 7) is 0. The minimum Gasteiger partial charge on any atom is -0.352 e. The molecule has 0 bridgehead atoms. The summed E-state index contributed by atoms with van der Waals surface area (Å²) in [6, 6.07) is 7.49. The molecule has 0 spiro atoms. The Morgan fingerprint density at radius 2 is 2.05 bits per heavy atom. The van der Waals surface area contributed by atoms with Crippen LogP contribution in [0, 0.1) is 0 Å². The molecule has 0 radical (unpaired) electrons. The van der Waals surface area contributed by atoms with E-state index in [1.165, 1.54) is 11.8 Å². The van der Waals surface area contributed by atoms with E-state index in [2.05, 4.69) is 21.2 Å². The van der Waals surface area contributed by atoms with E-state index in [4.69, 9.17) is 0 Å². The van der Waals surface area contributed by atoms with Crippen LogP contribution in [0.4, 0.5) is 0 Å². The third kappa shape index (κ3) is 4.81. The second-order valence-corrected chi connectivity index (χ2v) is 8.60. The Kier molecular flexibility index (Phi) is 4.92. The summed E-state index contributed by atoms with van der Waals surface area (Å²) in [6.07, 6.45) is 0.525. The Hall–Kier alpha value is -0.530. The minimum atomic E-state index is -2.94. The maximum atomic E-state index is 11.7. The summed E-state index contributed by atoms with van der Waals surface area (Å²) < 4.78 is 23.5. The molecule has 0 aromatic heterocycles. The van der Waals surface area contributed by atoms with E-state index in [0.717, 1.165) is 9.37 Å². The molecule has 0 unspecified atom stereocenters. The normalized spacial score (nSPS) is 21.2. The first kappa shape index (κ1) is 14.9. The molecule has 1 aliphatic rings. The van der Waals surface area contributed by atoms with E-state index in [1.807, 2.05) is 24.3 Å². The van der Waals surface area contributed by atoms with Crippen molar-refractivity contribution in [3.8, 4) is 0 Å². The zero-order valence-electron chi connectivity index (χ0n) is 10.1. The van der Waals surface area contributed by atoms with Gasteiger partial charge in [0.2, 0.25) is 5.91 Å². The van der Waals surface area contributed by atoms with Crippen LogP contribution in [-0.2, 0) is 14.6 Å². The first-order valence-corrected chi connectivity index (χ1v) is 9.43. The summed E-state index contributed by atoms with van der Waals surface area (Å²) in [5, 5.41) is 2.77. The quantitative estimate of drug-likeness (QED) is 0.829. The van der Waals surface area contributed by atoms with Crippen molar-refractivity contribution in [2.45, 2.75) is 17.4 Å². The van der Waals surface area contributed by atoms with Gasteiger partial charge in [-0.25, -0.2) is 8.42 Å². The number of thioether (sulfide) groups is 1. The molecule has 1 atom stereocenters. The van der Waals surface area contributed by atoms with Gasteiger partial charge >= 0.3 is 0 Å². The number of nitrogens with one attached hydrogen (secondary N) is 1. The zero-order valence-corrected chi connectivity index (χ0v) is 13.4. The number of amides is 1. The first-order valence-electron chi connectivity index (χ1n) is 5.83. The molecule has 1 fully saturated rings. The van der Waals surface area contributed by atoms with Crippen molar-refractivity contribution >= 4 is 43.4 Å². The lowest BCUT2D eigenvalue weighted by Gasteiger charge is -2.10. The number of carbonyl (C=O) groups is 1. The SMILES string of the molecule is O=C(CSc1ccc(Br)cc1)N[C@H]1CCS(=O)(=O)C1. The van der Waals surface area contributed by atoms with Crippen molar-refractivity contribution in [3.05, 3.63) is 28.7 Å². The van der Waals surface area contributed by atoms with Gasteiger partial charge in [-0.3, -0.25) is 4.79 Å². The lowest BCUT2D eigenvalue weighted by atomic mass is 10.3. The smallest absolute Gasteiger partial charge is 0.230 e. The first-order chi connectivity index (χ1) is 8.94. The number of benzene rings is 1. The summed E-state index contributed by atoms with van der Waals surface area (Å²) >= 11 is 4.79. The van der Waals surface area contributed by atoms with Gasteiger partial charge < -0.3 is 5.32 Å². The third-order valence-corrected chi connectivity index (χ3v) is 6.09. The Labute approximate surface area is 125 Å². The predicted molar refractivity (Wildman–Crippen MR) is 80.1 cm³/mol. The Bertz CT molecular complexity index is 557. The van der Waals surface area contributed by atoms with Crippen molar-refractivity contribution in [2.24, 2.45) is 0 Å². The number of sulfone groups is 1. The molecular formula is C12H14BrNO3S2.